The zero-order chi connectivity index (χ0) is 21.9. The quantitative estimate of drug-likeness (QED) is 0.373. The van der Waals surface area contributed by atoms with Crippen molar-refractivity contribution in [3.63, 3.8) is 0 Å². The summed E-state index contributed by atoms with van der Waals surface area (Å²) in [5.74, 6) is 0. The van der Waals surface area contributed by atoms with Crippen molar-refractivity contribution in [1.29, 1.82) is 0 Å². The fourth-order valence-electron chi connectivity index (χ4n) is 4.57. The van der Waals surface area contributed by atoms with Crippen LogP contribution in [-0.4, -0.2) is 6.61 Å². The van der Waals surface area contributed by atoms with Crippen LogP contribution in [0.4, 0.5) is 13.2 Å². The zero-order valence-corrected chi connectivity index (χ0v) is 18.5. The van der Waals surface area contributed by atoms with E-state index >= 15 is 0 Å². The van der Waals surface area contributed by atoms with Crippen molar-refractivity contribution in [3.05, 3.63) is 82.2 Å². The summed E-state index contributed by atoms with van der Waals surface area (Å²) >= 11 is 1.50. The lowest BCUT2D eigenvalue weighted by molar-refractivity contribution is -0.137. The number of benzene rings is 2. The summed E-state index contributed by atoms with van der Waals surface area (Å²) in [5.41, 5.74) is 1.77. The Hall–Kier alpha value is -2.11. The van der Waals surface area contributed by atoms with Gasteiger partial charge in [-0.3, -0.25) is 0 Å². The Morgan fingerprint density at radius 3 is 2.32 bits per heavy atom. The molecule has 31 heavy (non-hydrogen) atoms. The third-order valence-electron chi connectivity index (χ3n) is 6.19. The minimum atomic E-state index is -4.38. The molecule has 1 aliphatic rings. The average Bonchev–Trinajstić information content (AvgIpc) is 3.21. The molecule has 0 atom stereocenters. The highest BCUT2D eigenvalue weighted by molar-refractivity contribution is 7.15. The topological polar surface area (TPSA) is 9.23 Å². The predicted octanol–water partition coefficient (Wildman–Crippen LogP) is 8.16. The molecule has 5 heteroatoms. The molecule has 1 aliphatic carbocycles. The van der Waals surface area contributed by atoms with Crippen LogP contribution < -0.4 is 0 Å². The first kappa shape index (κ1) is 22.1. The Balaban J connectivity index is 1.56. The van der Waals surface area contributed by atoms with Crippen LogP contribution in [0.2, 0.25) is 0 Å². The van der Waals surface area contributed by atoms with Gasteiger partial charge in [-0.05, 0) is 66.8 Å². The fourth-order valence-corrected chi connectivity index (χ4v) is 5.43. The molecule has 0 N–H and O–H groups in total. The second-order valence-corrected chi connectivity index (χ2v) is 9.81. The highest BCUT2D eigenvalue weighted by Crippen LogP contribution is 2.40. The molecular weight excluding hydrogens is 417 g/mol. The first-order valence-electron chi connectivity index (χ1n) is 10.8. The van der Waals surface area contributed by atoms with E-state index in [-0.39, 0.29) is 12.0 Å². The van der Waals surface area contributed by atoms with Crippen molar-refractivity contribution >= 4 is 11.3 Å². The molecule has 1 fully saturated rings. The van der Waals surface area contributed by atoms with Crippen molar-refractivity contribution in [2.75, 3.05) is 6.61 Å². The fraction of sp³-hybridized carbons (Fsp3) is 0.385. The maximum atomic E-state index is 13.5. The van der Waals surface area contributed by atoms with Crippen LogP contribution in [0.15, 0.2) is 60.7 Å². The van der Waals surface area contributed by atoms with Gasteiger partial charge >= 0.3 is 6.18 Å². The van der Waals surface area contributed by atoms with Crippen LogP contribution in [-0.2, 0) is 22.9 Å². The third kappa shape index (κ3) is 5.21. The molecule has 0 amide bonds. The number of hydrogen-bond acceptors (Lipinski definition) is 2. The molecule has 0 unspecified atom stereocenters. The van der Waals surface area contributed by atoms with Gasteiger partial charge in [0, 0.05) is 15.2 Å². The molecule has 0 radical (unpaired) electrons. The molecular formula is C26H27F3OS. The van der Waals surface area contributed by atoms with Gasteiger partial charge in [-0.25, -0.2) is 0 Å². The van der Waals surface area contributed by atoms with Crippen LogP contribution in [0.5, 0.6) is 0 Å². The number of hydrogen-bond donors (Lipinski definition) is 0. The van der Waals surface area contributed by atoms with Gasteiger partial charge in [0.1, 0.15) is 0 Å². The highest BCUT2D eigenvalue weighted by atomic mass is 32.1. The van der Waals surface area contributed by atoms with Gasteiger partial charge in [-0.1, -0.05) is 49.6 Å². The summed E-state index contributed by atoms with van der Waals surface area (Å²) in [7, 11) is 0. The molecule has 3 aromatic rings. The molecule has 1 nitrogen and oxygen atoms in total. The van der Waals surface area contributed by atoms with Gasteiger partial charge in [-0.15, -0.1) is 11.3 Å². The molecule has 1 saturated carbocycles. The Morgan fingerprint density at radius 1 is 0.935 bits per heavy atom. The minimum Gasteiger partial charge on any atom is -0.376 e. The Labute approximate surface area is 185 Å². The first-order valence-corrected chi connectivity index (χ1v) is 11.6. The van der Waals surface area contributed by atoms with Gasteiger partial charge in [0.25, 0.3) is 0 Å². The summed E-state index contributed by atoms with van der Waals surface area (Å²) in [6.45, 7) is 2.66. The lowest BCUT2D eigenvalue weighted by Crippen LogP contribution is -2.34. The van der Waals surface area contributed by atoms with Crippen molar-refractivity contribution < 1.29 is 17.9 Å². The van der Waals surface area contributed by atoms with Gasteiger partial charge in [0.05, 0.1) is 18.8 Å². The van der Waals surface area contributed by atoms with E-state index in [0.29, 0.717) is 17.7 Å². The number of rotatable bonds is 6. The van der Waals surface area contributed by atoms with Gasteiger partial charge < -0.3 is 4.74 Å². The van der Waals surface area contributed by atoms with Crippen molar-refractivity contribution in [3.8, 4) is 10.4 Å². The predicted molar refractivity (Wildman–Crippen MR) is 120 cm³/mol. The smallest absolute Gasteiger partial charge is 0.376 e. The van der Waals surface area contributed by atoms with E-state index in [4.69, 9.17) is 4.74 Å². The van der Waals surface area contributed by atoms with E-state index < -0.39 is 11.7 Å². The second-order valence-electron chi connectivity index (χ2n) is 8.53. The molecule has 1 heterocycles. The molecule has 2 aromatic carbocycles. The van der Waals surface area contributed by atoms with Crippen molar-refractivity contribution in [1.82, 2.24) is 0 Å². The molecule has 1 aromatic heterocycles. The first-order chi connectivity index (χ1) is 14.9. The van der Waals surface area contributed by atoms with Crippen molar-refractivity contribution in [2.45, 2.75) is 57.2 Å². The van der Waals surface area contributed by atoms with E-state index in [9.17, 15) is 13.2 Å². The van der Waals surface area contributed by atoms with E-state index in [1.165, 1.54) is 35.5 Å². The summed E-state index contributed by atoms with van der Waals surface area (Å²) in [4.78, 5) is 1.92. The van der Waals surface area contributed by atoms with E-state index in [1.807, 2.05) is 43.3 Å². The lowest BCUT2D eigenvalue weighted by atomic mass is 9.70. The highest BCUT2D eigenvalue weighted by Gasteiger charge is 2.34. The molecule has 0 aliphatic heterocycles. The molecule has 0 spiro atoms. The lowest BCUT2D eigenvalue weighted by Gasteiger charge is -2.37. The number of thiophene rings is 1. The third-order valence-corrected chi connectivity index (χ3v) is 7.24. The summed E-state index contributed by atoms with van der Waals surface area (Å²) in [6, 6.07) is 18.5. The Bertz CT molecular complexity index is 1000. The SMILES string of the molecule is Cc1ccc(-c2cc(COCC3(c4ccccc4)CCCCC3)cc(C(F)(F)F)c2)s1. The zero-order valence-electron chi connectivity index (χ0n) is 17.7. The molecule has 0 saturated heterocycles. The van der Waals surface area contributed by atoms with E-state index in [2.05, 4.69) is 12.1 Å². The number of alkyl halides is 3. The minimum absolute atomic E-state index is 0.0468. The van der Waals surface area contributed by atoms with Crippen LogP contribution in [0.25, 0.3) is 10.4 Å². The molecule has 4 rings (SSSR count). The Kier molecular flexibility index (Phi) is 6.54. The average molecular weight is 445 g/mol. The van der Waals surface area contributed by atoms with Crippen LogP contribution >= 0.6 is 11.3 Å². The van der Waals surface area contributed by atoms with Crippen molar-refractivity contribution in [2.24, 2.45) is 0 Å². The Morgan fingerprint density at radius 2 is 1.68 bits per heavy atom. The van der Waals surface area contributed by atoms with E-state index in [0.717, 1.165) is 35.4 Å². The molecule has 0 bridgehead atoms. The van der Waals surface area contributed by atoms with E-state index in [1.54, 1.807) is 0 Å². The summed E-state index contributed by atoms with van der Waals surface area (Å²) in [5, 5.41) is 0. The maximum absolute atomic E-state index is 13.5. The standard InChI is InChI=1S/C26H27F3OS/c1-19-10-11-24(31-19)21-14-20(15-23(16-21)26(27,28)29)17-30-18-25(12-6-3-7-13-25)22-8-4-2-5-9-22/h2,4-5,8-11,14-16H,3,6-7,12-13,17-18H2,1H3. The van der Waals surface area contributed by atoms with Gasteiger partial charge in [0.2, 0.25) is 0 Å². The number of aryl methyl sites for hydroxylation is 1. The van der Waals surface area contributed by atoms with Gasteiger partial charge in [0.15, 0.2) is 0 Å². The van der Waals surface area contributed by atoms with Crippen LogP contribution in [0.3, 0.4) is 0 Å². The summed E-state index contributed by atoms with van der Waals surface area (Å²) in [6.07, 6.45) is 1.27. The molecule has 164 valence electrons. The van der Waals surface area contributed by atoms with Crippen LogP contribution in [0, 0.1) is 6.92 Å². The normalized spacial score (nSPS) is 16.4. The maximum Gasteiger partial charge on any atom is 0.416 e. The number of halogens is 3. The van der Waals surface area contributed by atoms with Crippen LogP contribution in [0.1, 0.15) is 53.7 Å². The van der Waals surface area contributed by atoms with Gasteiger partial charge in [-0.2, -0.15) is 13.2 Å². The largest absolute Gasteiger partial charge is 0.416 e. The monoisotopic (exact) mass is 444 g/mol. The summed E-state index contributed by atoms with van der Waals surface area (Å²) < 4.78 is 46.7. The second kappa shape index (κ2) is 9.17. The number of ether oxygens (including phenoxy) is 1.